The van der Waals surface area contributed by atoms with Gasteiger partial charge in [-0.1, -0.05) is 11.2 Å². The maximum atomic E-state index is 12.9. The van der Waals surface area contributed by atoms with Crippen LogP contribution in [0.2, 0.25) is 0 Å². The average molecular weight is 322 g/mol. The fourth-order valence-corrected chi connectivity index (χ4v) is 3.70. The minimum atomic E-state index is -0.305. The number of carbonyl (C=O) groups is 1. The maximum absolute atomic E-state index is 12.9. The van der Waals surface area contributed by atoms with Crippen molar-refractivity contribution in [1.29, 1.82) is 5.26 Å². The highest BCUT2D eigenvalue weighted by Crippen LogP contribution is 2.34. The van der Waals surface area contributed by atoms with E-state index in [2.05, 4.69) is 17.4 Å². The summed E-state index contributed by atoms with van der Waals surface area (Å²) in [4.78, 5) is 16.3. The predicted octanol–water partition coefficient (Wildman–Crippen LogP) is 2.48. The first-order chi connectivity index (χ1) is 11.7. The summed E-state index contributed by atoms with van der Waals surface area (Å²) in [5, 5.41) is 13.0. The van der Waals surface area contributed by atoms with Crippen LogP contribution in [0.3, 0.4) is 0 Å². The molecule has 0 aliphatic carbocycles. The number of aromatic nitrogens is 1. The Balaban J connectivity index is 1.62. The summed E-state index contributed by atoms with van der Waals surface area (Å²) in [7, 11) is 0. The lowest BCUT2D eigenvalue weighted by molar-refractivity contribution is -0.121. The van der Waals surface area contributed by atoms with Gasteiger partial charge >= 0.3 is 0 Å². The first-order valence-electron chi connectivity index (χ1n) is 8.21. The molecule has 0 bridgehead atoms. The van der Waals surface area contributed by atoms with E-state index in [-0.39, 0.29) is 11.9 Å². The van der Waals surface area contributed by atoms with Crippen molar-refractivity contribution in [2.75, 3.05) is 18.0 Å². The van der Waals surface area contributed by atoms with Crippen molar-refractivity contribution < 1.29 is 9.32 Å². The second kappa shape index (κ2) is 5.68. The summed E-state index contributed by atoms with van der Waals surface area (Å²) in [6, 6.07) is 5.80. The van der Waals surface area contributed by atoms with E-state index in [0.29, 0.717) is 13.1 Å². The Morgan fingerprint density at radius 1 is 1.42 bits per heavy atom. The van der Waals surface area contributed by atoms with Gasteiger partial charge < -0.3 is 9.42 Å². The van der Waals surface area contributed by atoms with E-state index in [1.54, 1.807) is 11.1 Å². The summed E-state index contributed by atoms with van der Waals surface area (Å²) >= 11 is 0. The van der Waals surface area contributed by atoms with Crippen LogP contribution in [0, 0.1) is 18.4 Å². The first-order valence-corrected chi connectivity index (χ1v) is 8.21. The maximum Gasteiger partial charge on any atom is 0.250 e. The highest BCUT2D eigenvalue weighted by molar-refractivity contribution is 5.99. The van der Waals surface area contributed by atoms with E-state index < -0.39 is 0 Å². The molecule has 0 N–H and O–H groups in total. The van der Waals surface area contributed by atoms with Crippen molar-refractivity contribution >= 4 is 11.6 Å². The third kappa shape index (κ3) is 2.24. The van der Waals surface area contributed by atoms with Crippen LogP contribution in [0.4, 0.5) is 5.69 Å². The van der Waals surface area contributed by atoms with Gasteiger partial charge in [0.25, 0.3) is 0 Å². The van der Waals surface area contributed by atoms with E-state index in [1.165, 1.54) is 0 Å². The summed E-state index contributed by atoms with van der Waals surface area (Å²) in [6.07, 6.45) is 6.36. The van der Waals surface area contributed by atoms with E-state index in [9.17, 15) is 10.1 Å². The predicted molar refractivity (Wildman–Crippen MR) is 88.1 cm³/mol. The van der Waals surface area contributed by atoms with Gasteiger partial charge in [-0.3, -0.25) is 9.69 Å². The van der Waals surface area contributed by atoms with Crippen molar-refractivity contribution in [2.45, 2.75) is 32.2 Å². The lowest BCUT2D eigenvalue weighted by atomic mass is 10.0. The topological polar surface area (TPSA) is 73.4 Å². The van der Waals surface area contributed by atoms with Gasteiger partial charge in [-0.15, -0.1) is 0 Å². The van der Waals surface area contributed by atoms with E-state index in [1.807, 2.05) is 24.0 Å². The standard InChI is InChI=1S/C18H18N4O2/c1-12-15(10-20-24-12)13-4-5-16-14(9-13)6-8-22(16)18(23)17-3-2-7-21(17)11-19/h4-5,9-10,17H,2-3,6-8H2,1H3. The Morgan fingerprint density at radius 2 is 2.29 bits per heavy atom. The third-order valence-electron chi connectivity index (χ3n) is 4.97. The molecule has 2 aliphatic rings. The van der Waals surface area contributed by atoms with Crippen LogP contribution in [-0.4, -0.2) is 35.1 Å². The molecule has 0 spiro atoms. The number of likely N-dealkylation sites (tertiary alicyclic amines) is 1. The minimum absolute atomic E-state index is 0.0432. The summed E-state index contributed by atoms with van der Waals surface area (Å²) in [5.74, 6) is 0.832. The Morgan fingerprint density at radius 3 is 3.04 bits per heavy atom. The van der Waals surface area contributed by atoms with E-state index in [4.69, 9.17) is 4.52 Å². The van der Waals surface area contributed by atoms with Gasteiger partial charge in [-0.05, 0) is 49.4 Å². The zero-order chi connectivity index (χ0) is 16.7. The largest absolute Gasteiger partial charge is 0.361 e. The number of hydrogen-bond donors (Lipinski definition) is 0. The van der Waals surface area contributed by atoms with Crippen molar-refractivity contribution in [3.05, 3.63) is 35.7 Å². The minimum Gasteiger partial charge on any atom is -0.361 e. The highest BCUT2D eigenvalue weighted by Gasteiger charge is 2.36. The molecule has 0 radical (unpaired) electrons. The van der Waals surface area contributed by atoms with Crippen LogP contribution in [0.1, 0.15) is 24.2 Å². The van der Waals surface area contributed by atoms with Crippen LogP contribution >= 0.6 is 0 Å². The van der Waals surface area contributed by atoms with Gasteiger partial charge in [0.05, 0.1) is 6.20 Å². The number of rotatable bonds is 2. The molecule has 3 heterocycles. The molecule has 1 atom stereocenters. The van der Waals surface area contributed by atoms with Gasteiger partial charge in [0.15, 0.2) is 6.19 Å². The Bertz CT molecular complexity index is 836. The zero-order valence-corrected chi connectivity index (χ0v) is 13.5. The van der Waals surface area contributed by atoms with Gasteiger partial charge in [0.2, 0.25) is 5.91 Å². The van der Waals surface area contributed by atoms with Gasteiger partial charge in [0.1, 0.15) is 11.8 Å². The second-order valence-electron chi connectivity index (χ2n) is 6.33. The number of amides is 1. The third-order valence-corrected chi connectivity index (χ3v) is 4.97. The Hall–Kier alpha value is -2.81. The van der Waals surface area contributed by atoms with Crippen LogP contribution in [0.5, 0.6) is 0 Å². The van der Waals surface area contributed by atoms with Crippen molar-refractivity contribution in [3.8, 4) is 17.3 Å². The molecule has 6 heteroatoms. The van der Waals surface area contributed by atoms with Crippen LogP contribution < -0.4 is 4.90 Å². The van der Waals surface area contributed by atoms with Crippen LogP contribution in [0.15, 0.2) is 28.9 Å². The fourth-order valence-electron chi connectivity index (χ4n) is 3.70. The lowest BCUT2D eigenvalue weighted by Gasteiger charge is -2.24. The average Bonchev–Trinajstić information content (AvgIpc) is 3.32. The molecule has 1 aromatic carbocycles. The molecule has 1 fully saturated rings. The van der Waals surface area contributed by atoms with Gasteiger partial charge in [-0.2, -0.15) is 5.26 Å². The molecule has 1 aromatic heterocycles. The number of aryl methyl sites for hydroxylation is 1. The zero-order valence-electron chi connectivity index (χ0n) is 13.5. The fraction of sp³-hybridized carbons (Fsp3) is 0.389. The molecule has 0 saturated carbocycles. The molecule has 2 aromatic rings. The molecule has 6 nitrogen and oxygen atoms in total. The molecule has 4 rings (SSSR count). The van der Waals surface area contributed by atoms with Crippen molar-refractivity contribution in [1.82, 2.24) is 10.1 Å². The number of benzene rings is 1. The number of nitrogens with zero attached hydrogens (tertiary/aromatic N) is 4. The lowest BCUT2D eigenvalue weighted by Crippen LogP contribution is -2.43. The molecular formula is C18H18N4O2. The van der Waals surface area contributed by atoms with E-state index >= 15 is 0 Å². The molecule has 1 saturated heterocycles. The SMILES string of the molecule is Cc1oncc1-c1ccc2c(c1)CCN2C(=O)C1CCCN1C#N. The molecular weight excluding hydrogens is 304 g/mol. The van der Waals surface area contributed by atoms with Crippen LogP contribution in [-0.2, 0) is 11.2 Å². The number of nitriles is 1. The van der Waals surface area contributed by atoms with Crippen molar-refractivity contribution in [3.63, 3.8) is 0 Å². The van der Waals surface area contributed by atoms with E-state index in [0.717, 1.165) is 47.4 Å². The van der Waals surface area contributed by atoms with Gasteiger partial charge in [-0.25, -0.2) is 0 Å². The monoisotopic (exact) mass is 322 g/mol. The summed E-state index contributed by atoms with van der Waals surface area (Å²) < 4.78 is 5.14. The molecule has 1 unspecified atom stereocenters. The molecule has 122 valence electrons. The number of hydrogen-bond acceptors (Lipinski definition) is 5. The summed E-state index contributed by atoms with van der Waals surface area (Å²) in [6.45, 7) is 3.25. The number of anilines is 1. The Labute approximate surface area is 140 Å². The highest BCUT2D eigenvalue weighted by atomic mass is 16.5. The normalized spacial score (nSPS) is 19.4. The first kappa shape index (κ1) is 14.8. The summed E-state index contributed by atoms with van der Waals surface area (Å²) in [5.41, 5.74) is 4.15. The van der Waals surface area contributed by atoms with Gasteiger partial charge in [0, 0.05) is 24.3 Å². The number of fused-ring (bicyclic) bond motifs is 1. The molecule has 2 aliphatic heterocycles. The van der Waals surface area contributed by atoms with Crippen LogP contribution in [0.25, 0.3) is 11.1 Å². The van der Waals surface area contributed by atoms with Crippen molar-refractivity contribution in [2.24, 2.45) is 0 Å². The second-order valence-corrected chi connectivity index (χ2v) is 6.33. The quantitative estimate of drug-likeness (QED) is 0.794. The number of carbonyl (C=O) groups excluding carboxylic acids is 1. The smallest absolute Gasteiger partial charge is 0.250 e. The molecule has 24 heavy (non-hydrogen) atoms. The Kier molecular flexibility index (Phi) is 3.49. The molecule has 1 amide bonds.